The van der Waals surface area contributed by atoms with Crippen LogP contribution >= 0.6 is 0 Å². The highest BCUT2D eigenvalue weighted by Gasteiger charge is 2.48. The highest BCUT2D eigenvalue weighted by Crippen LogP contribution is 2.31. The highest BCUT2D eigenvalue weighted by molar-refractivity contribution is 6.02. The van der Waals surface area contributed by atoms with Crippen molar-refractivity contribution in [2.75, 3.05) is 13.2 Å². The molecular weight excluding hydrogens is 346 g/mol. The van der Waals surface area contributed by atoms with E-state index in [2.05, 4.69) is 6.92 Å². The molecule has 1 aliphatic heterocycles. The smallest absolute Gasteiger partial charge is 0.413 e. The Morgan fingerprint density at radius 3 is 2.41 bits per heavy atom. The van der Waals surface area contributed by atoms with Crippen LogP contribution < -0.4 is 4.74 Å². The molecule has 1 atom stereocenters. The van der Waals surface area contributed by atoms with E-state index in [1.165, 1.54) is 4.90 Å². The normalized spacial score (nSPS) is 19.0. The molecule has 0 bridgehead atoms. The Morgan fingerprint density at radius 1 is 1.22 bits per heavy atom. The van der Waals surface area contributed by atoms with Gasteiger partial charge in [-0.15, -0.1) is 0 Å². The monoisotopic (exact) mass is 377 g/mol. The first-order chi connectivity index (χ1) is 12.5. The lowest BCUT2D eigenvalue weighted by atomic mass is 10.0. The van der Waals surface area contributed by atoms with Gasteiger partial charge < -0.3 is 14.2 Å². The van der Waals surface area contributed by atoms with E-state index in [0.29, 0.717) is 12.2 Å². The van der Waals surface area contributed by atoms with Crippen molar-refractivity contribution in [3.63, 3.8) is 0 Å². The van der Waals surface area contributed by atoms with Crippen molar-refractivity contribution < 1.29 is 23.8 Å². The number of hydrogen-bond acceptors (Lipinski definition) is 5. The van der Waals surface area contributed by atoms with E-state index in [9.17, 15) is 9.59 Å². The van der Waals surface area contributed by atoms with Gasteiger partial charge in [-0.05, 0) is 65.3 Å². The molecule has 1 aromatic carbocycles. The molecular formula is C21H31NO5. The molecule has 0 radical (unpaired) electrons. The van der Waals surface area contributed by atoms with Crippen LogP contribution in [0.3, 0.4) is 0 Å². The van der Waals surface area contributed by atoms with E-state index in [1.54, 1.807) is 58.9 Å². The number of carbonyl (C=O) groups excluding carboxylic acids is 2. The molecule has 0 N–H and O–H groups in total. The zero-order chi connectivity index (χ0) is 20.2. The minimum atomic E-state index is -0.911. The van der Waals surface area contributed by atoms with Gasteiger partial charge in [-0.1, -0.05) is 13.3 Å². The van der Waals surface area contributed by atoms with Crippen molar-refractivity contribution in [1.82, 2.24) is 4.90 Å². The van der Waals surface area contributed by atoms with Crippen molar-refractivity contribution in [2.24, 2.45) is 0 Å². The van der Waals surface area contributed by atoms with Crippen LogP contribution in [0, 0.1) is 0 Å². The van der Waals surface area contributed by atoms with Crippen LogP contribution in [0.4, 0.5) is 4.79 Å². The van der Waals surface area contributed by atoms with Crippen LogP contribution in [0.5, 0.6) is 5.75 Å². The number of ether oxygens (including phenoxy) is 3. The van der Waals surface area contributed by atoms with Crippen molar-refractivity contribution >= 4 is 11.9 Å². The van der Waals surface area contributed by atoms with Crippen molar-refractivity contribution in [1.29, 1.82) is 0 Å². The number of carbonyl (C=O) groups is 2. The zero-order valence-electron chi connectivity index (χ0n) is 17.2. The largest absolute Gasteiger partial charge is 0.494 e. The van der Waals surface area contributed by atoms with Crippen LogP contribution in [-0.4, -0.2) is 47.4 Å². The van der Waals surface area contributed by atoms with Crippen LogP contribution in [0.15, 0.2) is 24.3 Å². The fourth-order valence-corrected chi connectivity index (χ4v) is 2.90. The Bertz CT molecular complexity index is 660. The molecule has 1 fully saturated rings. The fraction of sp³-hybridized carbons (Fsp3) is 0.619. The van der Waals surface area contributed by atoms with Gasteiger partial charge in [-0.2, -0.15) is 0 Å². The summed E-state index contributed by atoms with van der Waals surface area (Å²) >= 11 is 0. The summed E-state index contributed by atoms with van der Waals surface area (Å²) in [6.45, 7) is 11.8. The average molecular weight is 377 g/mol. The second-order valence-electron chi connectivity index (χ2n) is 8.21. The molecule has 0 aromatic heterocycles. The molecule has 150 valence electrons. The topological polar surface area (TPSA) is 65.1 Å². The number of rotatable bonds is 6. The summed E-state index contributed by atoms with van der Waals surface area (Å²) in [6.07, 6.45) is 1.50. The fourth-order valence-electron chi connectivity index (χ4n) is 2.90. The van der Waals surface area contributed by atoms with Gasteiger partial charge in [-0.25, -0.2) is 4.79 Å². The Hall–Kier alpha value is -2.08. The first-order valence-electron chi connectivity index (χ1n) is 9.48. The maximum absolute atomic E-state index is 13.0. The quantitative estimate of drug-likeness (QED) is 0.542. The first-order valence-corrected chi connectivity index (χ1v) is 9.48. The average Bonchev–Trinajstić information content (AvgIpc) is 2.89. The Morgan fingerprint density at radius 2 is 1.85 bits per heavy atom. The number of ketones is 1. The molecule has 1 aliphatic rings. The SMILES string of the molecule is CCCCOc1ccc(C(=O)[C@H]2COC(C)(C)N2C(=O)OC(C)(C)C)cc1. The number of amides is 1. The number of benzene rings is 1. The molecule has 6 heteroatoms. The highest BCUT2D eigenvalue weighted by atomic mass is 16.6. The third-order valence-corrected chi connectivity index (χ3v) is 4.28. The number of Topliss-reactive ketones (excluding diaryl/α,β-unsaturated/α-hetero) is 1. The minimum absolute atomic E-state index is 0.139. The van der Waals surface area contributed by atoms with E-state index in [1.807, 2.05) is 0 Å². The Labute approximate surface area is 161 Å². The molecule has 0 aliphatic carbocycles. The molecule has 2 rings (SSSR count). The van der Waals surface area contributed by atoms with Gasteiger partial charge in [-0.3, -0.25) is 9.69 Å². The third kappa shape index (κ3) is 5.45. The zero-order valence-corrected chi connectivity index (χ0v) is 17.2. The molecule has 1 saturated heterocycles. The Balaban J connectivity index is 2.14. The second kappa shape index (κ2) is 8.30. The van der Waals surface area contributed by atoms with E-state index < -0.39 is 23.5 Å². The summed E-state index contributed by atoms with van der Waals surface area (Å²) in [7, 11) is 0. The summed E-state index contributed by atoms with van der Waals surface area (Å²) in [5, 5.41) is 0. The predicted octanol–water partition coefficient (Wildman–Crippen LogP) is 4.42. The molecule has 27 heavy (non-hydrogen) atoms. The van der Waals surface area contributed by atoms with Gasteiger partial charge >= 0.3 is 6.09 Å². The molecule has 0 spiro atoms. The number of unbranched alkanes of at least 4 members (excludes halogenated alkanes) is 1. The molecule has 1 heterocycles. The Kier molecular flexibility index (Phi) is 6.52. The lowest BCUT2D eigenvalue weighted by Crippen LogP contribution is -2.52. The number of hydrogen-bond donors (Lipinski definition) is 0. The van der Waals surface area contributed by atoms with E-state index in [0.717, 1.165) is 18.6 Å². The maximum Gasteiger partial charge on any atom is 0.413 e. The number of nitrogens with zero attached hydrogens (tertiary/aromatic N) is 1. The van der Waals surface area contributed by atoms with Gasteiger partial charge in [0.1, 0.15) is 23.1 Å². The van der Waals surface area contributed by atoms with Gasteiger partial charge in [0.25, 0.3) is 0 Å². The second-order valence-corrected chi connectivity index (χ2v) is 8.21. The minimum Gasteiger partial charge on any atom is -0.494 e. The lowest BCUT2D eigenvalue weighted by Gasteiger charge is -2.34. The van der Waals surface area contributed by atoms with E-state index >= 15 is 0 Å². The molecule has 0 unspecified atom stereocenters. The standard InChI is InChI=1S/C21H31NO5/c1-7-8-13-25-16-11-9-15(10-12-16)18(23)17-14-26-21(5,6)22(17)19(24)27-20(2,3)4/h9-12,17H,7-8,13-14H2,1-6H3/t17-/m1/s1. The van der Waals surface area contributed by atoms with Crippen LogP contribution in [0.2, 0.25) is 0 Å². The third-order valence-electron chi connectivity index (χ3n) is 4.28. The molecule has 0 saturated carbocycles. The van der Waals surface area contributed by atoms with Crippen LogP contribution in [0.25, 0.3) is 0 Å². The molecule has 1 amide bonds. The lowest BCUT2D eigenvalue weighted by molar-refractivity contribution is -0.0615. The van der Waals surface area contributed by atoms with Gasteiger partial charge in [0.2, 0.25) is 0 Å². The molecule has 6 nitrogen and oxygen atoms in total. The summed E-state index contributed by atoms with van der Waals surface area (Å²) in [5.74, 6) is 0.554. The van der Waals surface area contributed by atoms with E-state index in [4.69, 9.17) is 14.2 Å². The first kappa shape index (κ1) is 21.2. The van der Waals surface area contributed by atoms with E-state index in [-0.39, 0.29) is 12.4 Å². The summed E-state index contributed by atoms with van der Waals surface area (Å²) in [4.78, 5) is 27.1. The van der Waals surface area contributed by atoms with Gasteiger partial charge in [0.15, 0.2) is 5.78 Å². The molecule has 1 aromatic rings. The van der Waals surface area contributed by atoms with Crippen molar-refractivity contribution in [3.8, 4) is 5.75 Å². The maximum atomic E-state index is 13.0. The van der Waals surface area contributed by atoms with Gasteiger partial charge in [0, 0.05) is 5.56 Å². The summed E-state index contributed by atoms with van der Waals surface area (Å²) in [5.41, 5.74) is -1.05. The van der Waals surface area contributed by atoms with Crippen molar-refractivity contribution in [3.05, 3.63) is 29.8 Å². The van der Waals surface area contributed by atoms with Gasteiger partial charge in [0.05, 0.1) is 13.2 Å². The van der Waals surface area contributed by atoms with Crippen LogP contribution in [-0.2, 0) is 9.47 Å². The summed E-state index contributed by atoms with van der Waals surface area (Å²) < 4.78 is 16.8. The summed E-state index contributed by atoms with van der Waals surface area (Å²) in [6, 6.07) is 6.29. The van der Waals surface area contributed by atoms with Crippen LogP contribution in [0.1, 0.15) is 64.7 Å². The van der Waals surface area contributed by atoms with Crippen molar-refractivity contribution in [2.45, 2.75) is 71.8 Å². The predicted molar refractivity (Wildman–Crippen MR) is 103 cm³/mol.